The van der Waals surface area contributed by atoms with E-state index < -0.39 is 0 Å². The molecule has 0 heterocycles. The fourth-order valence-corrected chi connectivity index (χ4v) is 1.71. The third-order valence-electron chi connectivity index (χ3n) is 2.61. The van der Waals surface area contributed by atoms with Crippen molar-refractivity contribution in [2.75, 3.05) is 13.2 Å². The minimum atomic E-state index is -0.111. The summed E-state index contributed by atoms with van der Waals surface area (Å²) in [6.45, 7) is 7.06. The van der Waals surface area contributed by atoms with Gasteiger partial charge in [0.05, 0.1) is 19.3 Å². The van der Waals surface area contributed by atoms with Crippen LogP contribution in [0.25, 0.3) is 0 Å². The predicted octanol–water partition coefficient (Wildman–Crippen LogP) is 2.62. The van der Waals surface area contributed by atoms with Crippen LogP contribution < -0.4 is 0 Å². The van der Waals surface area contributed by atoms with Gasteiger partial charge >= 0.3 is 0 Å². The summed E-state index contributed by atoms with van der Waals surface area (Å²) < 4.78 is 0. The molecule has 19 heavy (non-hydrogen) atoms. The fourth-order valence-electron chi connectivity index (χ4n) is 1.71. The van der Waals surface area contributed by atoms with E-state index in [0.717, 1.165) is 12.0 Å². The number of hydrogen-bond acceptors (Lipinski definition) is 5. The third-order valence-corrected chi connectivity index (χ3v) is 2.61. The lowest BCUT2D eigenvalue weighted by Crippen LogP contribution is -2.35. The number of phenols is 2. The van der Waals surface area contributed by atoms with E-state index in [4.69, 9.17) is 9.68 Å². The average Bonchev–Trinajstić information content (AvgIpc) is 2.38. The molecular weight excluding hydrogens is 246 g/mol. The predicted molar refractivity (Wildman–Crippen MR) is 72.6 cm³/mol. The van der Waals surface area contributed by atoms with Crippen molar-refractivity contribution in [2.24, 2.45) is 0 Å². The molecule has 0 spiro atoms. The number of hydroxylamine groups is 2. The van der Waals surface area contributed by atoms with Crippen molar-refractivity contribution in [3.63, 3.8) is 0 Å². The Labute approximate surface area is 114 Å². The van der Waals surface area contributed by atoms with E-state index in [-0.39, 0.29) is 17.5 Å². The summed E-state index contributed by atoms with van der Waals surface area (Å²) in [4.78, 5) is 11.0. The van der Waals surface area contributed by atoms with Gasteiger partial charge in [-0.1, -0.05) is 18.2 Å². The molecule has 0 aliphatic heterocycles. The van der Waals surface area contributed by atoms with E-state index in [1.54, 1.807) is 12.1 Å². The minimum Gasteiger partial charge on any atom is -0.504 e. The maximum atomic E-state index is 9.47. The van der Waals surface area contributed by atoms with Crippen molar-refractivity contribution in [1.29, 1.82) is 0 Å². The molecule has 1 unspecified atom stereocenters. The van der Waals surface area contributed by atoms with Crippen molar-refractivity contribution >= 4 is 0 Å². The van der Waals surface area contributed by atoms with Gasteiger partial charge < -0.3 is 10.2 Å². The summed E-state index contributed by atoms with van der Waals surface area (Å²) in [5.41, 5.74) is 0.910. The Morgan fingerprint density at radius 3 is 2.47 bits per heavy atom. The van der Waals surface area contributed by atoms with Crippen molar-refractivity contribution in [2.45, 2.75) is 39.7 Å². The van der Waals surface area contributed by atoms with Crippen LogP contribution in [0.1, 0.15) is 32.8 Å². The second-order valence-corrected chi connectivity index (χ2v) is 4.41. The quantitative estimate of drug-likeness (QED) is 0.561. The Morgan fingerprint density at radius 2 is 1.89 bits per heavy atom. The van der Waals surface area contributed by atoms with Gasteiger partial charge in [0.25, 0.3) is 0 Å². The first-order chi connectivity index (χ1) is 9.08. The highest BCUT2D eigenvalue weighted by Crippen LogP contribution is 2.25. The summed E-state index contributed by atoms with van der Waals surface area (Å²) in [6, 6.07) is 4.82. The van der Waals surface area contributed by atoms with Gasteiger partial charge in [0.15, 0.2) is 11.5 Å². The lowest BCUT2D eigenvalue weighted by molar-refractivity contribution is -0.384. The number of nitrogens with zero attached hydrogens (tertiary/aromatic N) is 1. The van der Waals surface area contributed by atoms with E-state index in [9.17, 15) is 10.2 Å². The summed E-state index contributed by atoms with van der Waals surface area (Å²) >= 11 is 0. The van der Waals surface area contributed by atoms with Crippen LogP contribution >= 0.6 is 0 Å². The van der Waals surface area contributed by atoms with Crippen LogP contribution in [-0.4, -0.2) is 34.7 Å². The van der Waals surface area contributed by atoms with Gasteiger partial charge in [-0.3, -0.25) is 9.68 Å². The Hall–Kier alpha value is -1.30. The zero-order chi connectivity index (χ0) is 14.3. The monoisotopic (exact) mass is 269 g/mol. The highest BCUT2D eigenvalue weighted by atomic mass is 16.9. The maximum absolute atomic E-state index is 9.47. The zero-order valence-electron chi connectivity index (χ0n) is 11.8. The molecule has 2 N–H and O–H groups in total. The molecule has 0 aliphatic rings. The van der Waals surface area contributed by atoms with E-state index in [1.165, 1.54) is 11.3 Å². The van der Waals surface area contributed by atoms with Crippen LogP contribution in [0.5, 0.6) is 11.5 Å². The third kappa shape index (κ3) is 5.06. The molecule has 5 heteroatoms. The van der Waals surface area contributed by atoms with Crippen molar-refractivity contribution in [3.8, 4) is 11.5 Å². The summed E-state index contributed by atoms with van der Waals surface area (Å²) in [7, 11) is 0. The van der Waals surface area contributed by atoms with Crippen LogP contribution in [0.3, 0.4) is 0 Å². The van der Waals surface area contributed by atoms with Gasteiger partial charge in [0.2, 0.25) is 0 Å². The number of aromatic hydroxyl groups is 2. The Morgan fingerprint density at radius 1 is 1.16 bits per heavy atom. The van der Waals surface area contributed by atoms with Crippen LogP contribution in [0, 0.1) is 0 Å². The molecule has 1 aromatic carbocycles. The van der Waals surface area contributed by atoms with Crippen molar-refractivity contribution in [3.05, 3.63) is 23.8 Å². The molecule has 1 rings (SSSR count). The largest absolute Gasteiger partial charge is 0.504 e. The summed E-state index contributed by atoms with van der Waals surface area (Å²) in [5, 5.41) is 20.3. The zero-order valence-corrected chi connectivity index (χ0v) is 11.8. The lowest BCUT2D eigenvalue weighted by atomic mass is 10.1. The molecule has 0 aromatic heterocycles. The molecule has 0 aliphatic carbocycles. The molecular formula is C14H23NO4. The second kappa shape index (κ2) is 7.99. The topological polar surface area (TPSA) is 62.2 Å². The van der Waals surface area contributed by atoms with E-state index in [0.29, 0.717) is 19.6 Å². The minimum absolute atomic E-state index is 0.00967. The molecule has 1 atom stereocenters. The molecule has 0 amide bonds. The van der Waals surface area contributed by atoms with Crippen molar-refractivity contribution < 1.29 is 19.9 Å². The second-order valence-electron chi connectivity index (χ2n) is 4.41. The SMILES string of the molecule is CCCON(OCC)C(C)Cc1ccc(O)c(O)c1. The first kappa shape index (κ1) is 15.8. The van der Waals surface area contributed by atoms with Gasteiger partial charge in [-0.2, -0.15) is 0 Å². The van der Waals surface area contributed by atoms with Gasteiger partial charge in [0.1, 0.15) is 0 Å². The number of phenolic OH excluding ortho intramolecular Hbond substituents is 2. The summed E-state index contributed by atoms with van der Waals surface area (Å²) in [5.74, 6) is -0.220. The Kier molecular flexibility index (Phi) is 6.62. The number of benzene rings is 1. The maximum Gasteiger partial charge on any atom is 0.157 e. The van der Waals surface area contributed by atoms with Crippen LogP contribution in [0.15, 0.2) is 18.2 Å². The van der Waals surface area contributed by atoms with E-state index >= 15 is 0 Å². The van der Waals surface area contributed by atoms with Crippen LogP contribution in [0.4, 0.5) is 0 Å². The summed E-state index contributed by atoms with van der Waals surface area (Å²) in [6.07, 6.45) is 1.56. The van der Waals surface area contributed by atoms with E-state index in [2.05, 4.69) is 0 Å². The molecule has 0 bridgehead atoms. The van der Waals surface area contributed by atoms with Crippen molar-refractivity contribution in [1.82, 2.24) is 5.23 Å². The normalized spacial score (nSPS) is 12.8. The van der Waals surface area contributed by atoms with Crippen LogP contribution in [0.2, 0.25) is 0 Å². The Balaban J connectivity index is 2.63. The average molecular weight is 269 g/mol. The molecule has 0 saturated carbocycles. The van der Waals surface area contributed by atoms with Crippen LogP contribution in [-0.2, 0) is 16.1 Å². The molecule has 5 nitrogen and oxygen atoms in total. The molecule has 0 fully saturated rings. The molecule has 0 saturated heterocycles. The lowest BCUT2D eigenvalue weighted by Gasteiger charge is -2.26. The fraction of sp³-hybridized carbons (Fsp3) is 0.571. The number of hydrogen-bond donors (Lipinski definition) is 2. The van der Waals surface area contributed by atoms with Gasteiger partial charge in [0, 0.05) is 0 Å². The van der Waals surface area contributed by atoms with Gasteiger partial charge in [-0.05, 0) is 44.4 Å². The molecule has 0 radical (unpaired) electrons. The standard InChI is InChI=1S/C14H23NO4/c1-4-8-19-15(18-5-2)11(3)9-12-6-7-13(16)14(17)10-12/h6-7,10-11,16-17H,4-5,8-9H2,1-3H3. The highest BCUT2D eigenvalue weighted by Gasteiger charge is 2.16. The first-order valence-corrected chi connectivity index (χ1v) is 6.64. The van der Waals surface area contributed by atoms with E-state index in [1.807, 2.05) is 20.8 Å². The van der Waals surface area contributed by atoms with Gasteiger partial charge in [-0.15, -0.1) is 0 Å². The highest BCUT2D eigenvalue weighted by molar-refractivity contribution is 5.40. The van der Waals surface area contributed by atoms with Gasteiger partial charge in [-0.25, -0.2) is 0 Å². The smallest absolute Gasteiger partial charge is 0.157 e. The Bertz CT molecular complexity index is 384. The molecule has 1 aromatic rings. The number of rotatable bonds is 8. The first-order valence-electron chi connectivity index (χ1n) is 6.64. The molecule has 108 valence electrons.